The zero-order chi connectivity index (χ0) is 17.0. The SMILES string of the molecule is CNc1nc(-c2ccc(CN(C)C)cc2)c(/C(C)=C/C(=O)O)s1. The lowest BCUT2D eigenvalue weighted by Gasteiger charge is -2.10. The van der Waals surface area contributed by atoms with Gasteiger partial charge in [0.1, 0.15) is 0 Å². The number of hydrogen-bond acceptors (Lipinski definition) is 5. The van der Waals surface area contributed by atoms with Crippen LogP contribution in [0.5, 0.6) is 0 Å². The highest BCUT2D eigenvalue weighted by Crippen LogP contribution is 2.35. The standard InChI is InChI=1S/C17H21N3O2S/c1-11(9-14(21)22)16-15(19-17(18-2)23-16)13-7-5-12(6-8-13)10-20(3)4/h5-9H,10H2,1-4H3,(H,18,19)(H,21,22)/b11-9+. The third-order valence-electron chi connectivity index (χ3n) is 3.27. The first kappa shape index (κ1) is 17.2. The van der Waals surface area contributed by atoms with Crippen LogP contribution in [0.3, 0.4) is 0 Å². The predicted molar refractivity (Wildman–Crippen MR) is 95.8 cm³/mol. The number of thiazole rings is 1. The van der Waals surface area contributed by atoms with Crippen molar-refractivity contribution in [1.29, 1.82) is 0 Å². The second-order valence-electron chi connectivity index (χ2n) is 5.55. The van der Waals surface area contributed by atoms with Crippen LogP contribution < -0.4 is 5.32 Å². The van der Waals surface area contributed by atoms with Gasteiger partial charge in [0.2, 0.25) is 0 Å². The molecule has 122 valence electrons. The van der Waals surface area contributed by atoms with Gasteiger partial charge in [0.25, 0.3) is 0 Å². The summed E-state index contributed by atoms with van der Waals surface area (Å²) in [5.41, 5.74) is 3.72. The summed E-state index contributed by atoms with van der Waals surface area (Å²) in [7, 11) is 5.88. The molecule has 2 rings (SSSR count). The molecule has 1 aromatic carbocycles. The average Bonchev–Trinajstić information content (AvgIpc) is 2.91. The fourth-order valence-electron chi connectivity index (χ4n) is 2.27. The number of aliphatic carboxylic acids is 1. The van der Waals surface area contributed by atoms with E-state index in [2.05, 4.69) is 27.3 Å². The summed E-state index contributed by atoms with van der Waals surface area (Å²) >= 11 is 1.46. The molecular weight excluding hydrogens is 310 g/mol. The zero-order valence-electron chi connectivity index (χ0n) is 13.8. The van der Waals surface area contributed by atoms with Gasteiger partial charge in [0.05, 0.1) is 10.6 Å². The van der Waals surface area contributed by atoms with Crippen LogP contribution in [-0.2, 0) is 11.3 Å². The number of anilines is 1. The molecule has 0 radical (unpaired) electrons. The van der Waals surface area contributed by atoms with Gasteiger partial charge >= 0.3 is 5.97 Å². The zero-order valence-corrected chi connectivity index (χ0v) is 14.6. The molecule has 0 saturated carbocycles. The van der Waals surface area contributed by atoms with Gasteiger partial charge in [-0.3, -0.25) is 0 Å². The third-order valence-corrected chi connectivity index (χ3v) is 4.47. The van der Waals surface area contributed by atoms with Crippen LogP contribution >= 0.6 is 11.3 Å². The molecule has 1 aromatic heterocycles. The summed E-state index contributed by atoms with van der Waals surface area (Å²) in [4.78, 5) is 18.5. The molecular formula is C17H21N3O2S. The lowest BCUT2D eigenvalue weighted by molar-refractivity contribution is -0.131. The quantitative estimate of drug-likeness (QED) is 0.794. The van der Waals surface area contributed by atoms with Crippen LogP contribution in [0.25, 0.3) is 16.8 Å². The smallest absolute Gasteiger partial charge is 0.328 e. The van der Waals surface area contributed by atoms with Crippen LogP contribution in [0.4, 0.5) is 5.13 Å². The number of carboxylic acids is 1. The highest BCUT2D eigenvalue weighted by Gasteiger charge is 2.15. The predicted octanol–water partition coefficient (Wildman–Crippen LogP) is 3.40. The number of allylic oxidation sites excluding steroid dienone is 1. The molecule has 0 atom stereocenters. The van der Waals surface area contributed by atoms with Crippen molar-refractivity contribution in [1.82, 2.24) is 9.88 Å². The molecule has 0 saturated heterocycles. The Balaban J connectivity index is 2.42. The van der Waals surface area contributed by atoms with Crippen molar-refractivity contribution in [2.75, 3.05) is 26.5 Å². The summed E-state index contributed by atoms with van der Waals surface area (Å²) in [6, 6.07) is 8.22. The van der Waals surface area contributed by atoms with E-state index in [9.17, 15) is 4.79 Å². The number of benzene rings is 1. The molecule has 1 heterocycles. The number of carbonyl (C=O) groups is 1. The van der Waals surface area contributed by atoms with E-state index in [-0.39, 0.29) is 0 Å². The van der Waals surface area contributed by atoms with Gasteiger partial charge in [-0.2, -0.15) is 0 Å². The molecule has 0 aliphatic heterocycles. The monoisotopic (exact) mass is 331 g/mol. The van der Waals surface area contributed by atoms with E-state index < -0.39 is 5.97 Å². The number of aromatic nitrogens is 1. The molecule has 0 amide bonds. The van der Waals surface area contributed by atoms with Crippen LogP contribution in [0.15, 0.2) is 30.3 Å². The molecule has 6 heteroatoms. The number of rotatable bonds is 6. The second kappa shape index (κ2) is 7.39. The lowest BCUT2D eigenvalue weighted by atomic mass is 10.1. The summed E-state index contributed by atoms with van der Waals surface area (Å²) in [5, 5.41) is 12.8. The second-order valence-corrected chi connectivity index (χ2v) is 6.55. The minimum absolute atomic E-state index is 0.698. The maximum atomic E-state index is 10.9. The molecule has 0 bridgehead atoms. The Morgan fingerprint density at radius 3 is 2.52 bits per heavy atom. The van der Waals surface area contributed by atoms with Gasteiger partial charge < -0.3 is 15.3 Å². The summed E-state index contributed by atoms with van der Waals surface area (Å²) in [6.07, 6.45) is 1.22. The minimum atomic E-state index is -0.950. The average molecular weight is 331 g/mol. The van der Waals surface area contributed by atoms with Crippen molar-refractivity contribution in [3.63, 3.8) is 0 Å². The summed E-state index contributed by atoms with van der Waals surface area (Å²) < 4.78 is 0. The van der Waals surface area contributed by atoms with Crippen molar-refractivity contribution in [3.05, 3.63) is 40.8 Å². The summed E-state index contributed by atoms with van der Waals surface area (Å²) in [6.45, 7) is 2.68. The first-order valence-electron chi connectivity index (χ1n) is 7.25. The van der Waals surface area contributed by atoms with Crippen molar-refractivity contribution >= 4 is 28.0 Å². The Morgan fingerprint density at radius 2 is 2.00 bits per heavy atom. The largest absolute Gasteiger partial charge is 0.478 e. The highest BCUT2D eigenvalue weighted by molar-refractivity contribution is 7.17. The Hall–Kier alpha value is -2.18. The van der Waals surface area contributed by atoms with Crippen LogP contribution in [0.2, 0.25) is 0 Å². The summed E-state index contributed by atoms with van der Waals surface area (Å²) in [5.74, 6) is -0.950. The molecule has 2 N–H and O–H groups in total. The first-order valence-corrected chi connectivity index (χ1v) is 8.06. The lowest BCUT2D eigenvalue weighted by Crippen LogP contribution is -2.10. The van der Waals surface area contributed by atoms with Gasteiger partial charge in [0.15, 0.2) is 5.13 Å². The highest BCUT2D eigenvalue weighted by atomic mass is 32.1. The van der Waals surface area contributed by atoms with E-state index in [1.807, 2.05) is 33.3 Å². The molecule has 0 unspecified atom stereocenters. The molecule has 23 heavy (non-hydrogen) atoms. The van der Waals surface area contributed by atoms with Crippen molar-refractivity contribution < 1.29 is 9.90 Å². The Kier molecular flexibility index (Phi) is 5.52. The Morgan fingerprint density at radius 1 is 1.35 bits per heavy atom. The van der Waals surface area contributed by atoms with Gasteiger partial charge in [-0.25, -0.2) is 9.78 Å². The maximum absolute atomic E-state index is 10.9. The van der Waals surface area contributed by atoms with E-state index >= 15 is 0 Å². The fourth-order valence-corrected chi connectivity index (χ4v) is 3.19. The maximum Gasteiger partial charge on any atom is 0.328 e. The van der Waals surface area contributed by atoms with Crippen LogP contribution in [0.1, 0.15) is 17.4 Å². The van der Waals surface area contributed by atoms with Crippen LogP contribution in [0, 0.1) is 0 Å². The van der Waals surface area contributed by atoms with Crippen molar-refractivity contribution in [2.45, 2.75) is 13.5 Å². The number of carboxylic acid groups (broad SMARTS) is 1. The van der Waals surface area contributed by atoms with Gasteiger partial charge in [-0.15, -0.1) is 0 Å². The topological polar surface area (TPSA) is 65.5 Å². The van der Waals surface area contributed by atoms with Crippen molar-refractivity contribution in [2.24, 2.45) is 0 Å². The van der Waals surface area contributed by atoms with Crippen LogP contribution in [-0.4, -0.2) is 42.1 Å². The minimum Gasteiger partial charge on any atom is -0.478 e. The third kappa shape index (κ3) is 4.40. The molecule has 0 aliphatic rings. The molecule has 0 aliphatic carbocycles. The van der Waals surface area contributed by atoms with E-state index in [1.54, 1.807) is 6.92 Å². The normalized spacial score (nSPS) is 11.8. The van der Waals surface area contributed by atoms with Crippen molar-refractivity contribution in [3.8, 4) is 11.3 Å². The molecule has 0 spiro atoms. The van der Waals surface area contributed by atoms with Gasteiger partial charge in [-0.1, -0.05) is 35.6 Å². The Labute approximate surface area is 140 Å². The van der Waals surface area contributed by atoms with Gasteiger partial charge in [-0.05, 0) is 32.2 Å². The number of hydrogen-bond donors (Lipinski definition) is 2. The number of nitrogens with one attached hydrogen (secondary N) is 1. The van der Waals surface area contributed by atoms with E-state index in [0.29, 0.717) is 5.57 Å². The fraction of sp³-hybridized carbons (Fsp3) is 0.294. The van der Waals surface area contributed by atoms with Gasteiger partial charge in [0, 0.05) is 25.2 Å². The van der Waals surface area contributed by atoms with E-state index in [0.717, 1.165) is 27.8 Å². The van der Waals surface area contributed by atoms with E-state index in [4.69, 9.17) is 5.11 Å². The first-order chi connectivity index (χ1) is 10.9. The number of nitrogens with zero attached hydrogens (tertiary/aromatic N) is 2. The van der Waals surface area contributed by atoms with E-state index in [1.165, 1.54) is 23.0 Å². The molecule has 2 aromatic rings. The molecule has 0 fully saturated rings. The Bertz CT molecular complexity index is 718. The molecule has 5 nitrogen and oxygen atoms in total.